The molecule has 0 radical (unpaired) electrons. The van der Waals surface area contributed by atoms with E-state index in [0.717, 1.165) is 5.56 Å². The van der Waals surface area contributed by atoms with E-state index in [1.165, 1.54) is 12.1 Å². The molecule has 3 heteroatoms. The average Bonchev–Trinajstić information content (AvgIpc) is 1.81. The minimum Gasteiger partial charge on any atom is -0.374 e. The Morgan fingerprint density at radius 3 is 2.58 bits per heavy atom. The van der Waals surface area contributed by atoms with Crippen LogP contribution in [-0.2, 0) is 0 Å². The Kier molecular flexibility index (Phi) is 2.65. The summed E-state index contributed by atoms with van der Waals surface area (Å²) in [6.45, 7) is 3.39. The first-order valence-electron chi connectivity index (χ1n) is 3.80. The van der Waals surface area contributed by atoms with Gasteiger partial charge in [0.15, 0.2) is 0 Å². The van der Waals surface area contributed by atoms with Crippen LogP contribution in [0.4, 0.5) is 10.1 Å². The fourth-order valence-electron chi connectivity index (χ4n) is 1.06. The maximum atomic E-state index is 12.8. The van der Waals surface area contributed by atoms with Gasteiger partial charge in [-0.3, -0.25) is 0 Å². The summed E-state index contributed by atoms with van der Waals surface area (Å²) in [5.41, 5.74) is 1.43. The van der Waals surface area contributed by atoms with Crippen molar-refractivity contribution in [3.8, 4) is 0 Å². The molecule has 0 bridgehead atoms. The lowest BCUT2D eigenvalue weighted by atomic mass is 10.2. The van der Waals surface area contributed by atoms with Gasteiger partial charge in [-0.2, -0.15) is 0 Å². The number of halogens is 1. The van der Waals surface area contributed by atoms with Gasteiger partial charge in [-0.05, 0) is 37.6 Å². The second-order valence-electron chi connectivity index (χ2n) is 2.84. The van der Waals surface area contributed by atoms with Gasteiger partial charge in [0.1, 0.15) is 12.0 Å². The molecule has 0 saturated carbocycles. The van der Waals surface area contributed by atoms with Crippen molar-refractivity contribution in [1.29, 1.82) is 0 Å². The summed E-state index contributed by atoms with van der Waals surface area (Å²) in [4.78, 5) is 0. The van der Waals surface area contributed by atoms with Crippen LogP contribution in [0, 0.1) is 12.7 Å². The van der Waals surface area contributed by atoms with Gasteiger partial charge >= 0.3 is 0 Å². The van der Waals surface area contributed by atoms with Gasteiger partial charge in [0.05, 0.1) is 0 Å². The molecule has 0 saturated heterocycles. The average molecular weight is 169 g/mol. The SMILES string of the molecule is Cc1cc(F)cc(NC(C)O)c1. The van der Waals surface area contributed by atoms with E-state index in [0.29, 0.717) is 5.69 Å². The van der Waals surface area contributed by atoms with E-state index in [-0.39, 0.29) is 5.82 Å². The Morgan fingerprint density at radius 2 is 2.08 bits per heavy atom. The van der Waals surface area contributed by atoms with E-state index in [9.17, 15) is 4.39 Å². The van der Waals surface area contributed by atoms with Crippen LogP contribution in [0.25, 0.3) is 0 Å². The largest absolute Gasteiger partial charge is 0.374 e. The second kappa shape index (κ2) is 3.54. The maximum Gasteiger partial charge on any atom is 0.125 e. The summed E-state index contributed by atoms with van der Waals surface area (Å²) >= 11 is 0. The van der Waals surface area contributed by atoms with Crippen LogP contribution in [0.3, 0.4) is 0 Å². The normalized spacial score (nSPS) is 12.7. The molecule has 2 N–H and O–H groups in total. The number of hydrogen-bond donors (Lipinski definition) is 2. The molecule has 0 aliphatic rings. The highest BCUT2D eigenvalue weighted by Crippen LogP contribution is 2.13. The molecule has 0 aliphatic carbocycles. The third-order valence-electron chi connectivity index (χ3n) is 1.42. The van der Waals surface area contributed by atoms with Gasteiger partial charge in [-0.1, -0.05) is 0 Å². The van der Waals surface area contributed by atoms with Crippen molar-refractivity contribution in [2.24, 2.45) is 0 Å². The van der Waals surface area contributed by atoms with Crippen LogP contribution >= 0.6 is 0 Å². The summed E-state index contributed by atoms with van der Waals surface area (Å²) in [6, 6.07) is 4.56. The first-order chi connectivity index (χ1) is 5.58. The second-order valence-corrected chi connectivity index (χ2v) is 2.84. The Bertz CT molecular complexity index is 253. The number of rotatable bonds is 2. The van der Waals surface area contributed by atoms with Crippen LogP contribution in [0.5, 0.6) is 0 Å². The topological polar surface area (TPSA) is 32.3 Å². The summed E-state index contributed by atoms with van der Waals surface area (Å²) in [6.07, 6.45) is -0.661. The van der Waals surface area contributed by atoms with Crippen molar-refractivity contribution >= 4 is 5.69 Å². The molecular weight excluding hydrogens is 157 g/mol. The molecule has 0 heterocycles. The molecule has 12 heavy (non-hydrogen) atoms. The van der Waals surface area contributed by atoms with Crippen LogP contribution < -0.4 is 5.32 Å². The zero-order valence-electron chi connectivity index (χ0n) is 7.13. The Balaban J connectivity index is 2.85. The standard InChI is InChI=1S/C9H12FNO/c1-6-3-8(10)5-9(4-6)11-7(2)12/h3-5,7,11-12H,1-2H3. The quantitative estimate of drug-likeness (QED) is 0.662. The highest BCUT2D eigenvalue weighted by molar-refractivity contribution is 5.46. The molecule has 0 amide bonds. The molecule has 1 aromatic carbocycles. The number of aliphatic hydroxyl groups excluding tert-OH is 1. The van der Waals surface area contributed by atoms with E-state index in [2.05, 4.69) is 5.32 Å². The molecule has 0 fully saturated rings. The summed E-state index contributed by atoms with van der Waals surface area (Å²) in [5, 5.41) is 11.7. The van der Waals surface area contributed by atoms with Gasteiger partial charge < -0.3 is 10.4 Å². The van der Waals surface area contributed by atoms with E-state index in [4.69, 9.17) is 5.11 Å². The van der Waals surface area contributed by atoms with Crippen LogP contribution in [0.2, 0.25) is 0 Å². The minimum atomic E-state index is -0.661. The predicted molar refractivity (Wildman–Crippen MR) is 46.4 cm³/mol. The summed E-state index contributed by atoms with van der Waals surface area (Å²) in [5.74, 6) is -0.293. The monoisotopic (exact) mass is 169 g/mol. The van der Waals surface area contributed by atoms with Crippen molar-refractivity contribution in [3.05, 3.63) is 29.6 Å². The molecule has 2 nitrogen and oxygen atoms in total. The van der Waals surface area contributed by atoms with Gasteiger partial charge in [0.25, 0.3) is 0 Å². The van der Waals surface area contributed by atoms with Crippen molar-refractivity contribution in [2.45, 2.75) is 20.1 Å². The zero-order chi connectivity index (χ0) is 9.14. The number of nitrogens with one attached hydrogen (secondary N) is 1. The summed E-state index contributed by atoms with van der Waals surface area (Å²) < 4.78 is 12.8. The molecule has 1 rings (SSSR count). The maximum absolute atomic E-state index is 12.8. The van der Waals surface area contributed by atoms with Crippen molar-refractivity contribution in [1.82, 2.24) is 0 Å². The third kappa shape index (κ3) is 2.51. The van der Waals surface area contributed by atoms with Gasteiger partial charge in [-0.25, -0.2) is 4.39 Å². The fourth-order valence-corrected chi connectivity index (χ4v) is 1.06. The predicted octanol–water partition coefficient (Wildman–Crippen LogP) is 1.88. The number of anilines is 1. The van der Waals surface area contributed by atoms with E-state index in [1.807, 2.05) is 0 Å². The first-order valence-corrected chi connectivity index (χ1v) is 3.80. The molecule has 0 aromatic heterocycles. The number of aliphatic hydroxyl groups is 1. The molecular formula is C9H12FNO. The van der Waals surface area contributed by atoms with E-state index >= 15 is 0 Å². The van der Waals surface area contributed by atoms with E-state index < -0.39 is 6.23 Å². The lowest BCUT2D eigenvalue weighted by Crippen LogP contribution is -2.13. The lowest BCUT2D eigenvalue weighted by molar-refractivity contribution is 0.224. The Labute approximate surface area is 71.0 Å². The zero-order valence-corrected chi connectivity index (χ0v) is 7.13. The van der Waals surface area contributed by atoms with Crippen molar-refractivity contribution in [2.75, 3.05) is 5.32 Å². The van der Waals surface area contributed by atoms with E-state index in [1.54, 1.807) is 19.9 Å². The fraction of sp³-hybridized carbons (Fsp3) is 0.333. The molecule has 1 unspecified atom stereocenters. The molecule has 0 spiro atoms. The van der Waals surface area contributed by atoms with Gasteiger partial charge in [0.2, 0.25) is 0 Å². The minimum absolute atomic E-state index is 0.293. The molecule has 1 atom stereocenters. The number of hydrogen-bond acceptors (Lipinski definition) is 2. The molecule has 1 aromatic rings. The lowest BCUT2D eigenvalue weighted by Gasteiger charge is -2.09. The molecule has 66 valence electrons. The van der Waals surface area contributed by atoms with Crippen LogP contribution in [-0.4, -0.2) is 11.3 Å². The highest BCUT2D eigenvalue weighted by Gasteiger charge is 1.99. The van der Waals surface area contributed by atoms with Gasteiger partial charge in [-0.15, -0.1) is 0 Å². The van der Waals surface area contributed by atoms with Crippen LogP contribution in [0.1, 0.15) is 12.5 Å². The highest BCUT2D eigenvalue weighted by atomic mass is 19.1. The first kappa shape index (κ1) is 9.00. The molecule has 0 aliphatic heterocycles. The number of benzene rings is 1. The van der Waals surface area contributed by atoms with Crippen LogP contribution in [0.15, 0.2) is 18.2 Å². The van der Waals surface area contributed by atoms with Crippen molar-refractivity contribution in [3.63, 3.8) is 0 Å². The Morgan fingerprint density at radius 1 is 1.42 bits per heavy atom. The van der Waals surface area contributed by atoms with Crippen molar-refractivity contribution < 1.29 is 9.50 Å². The van der Waals surface area contributed by atoms with Gasteiger partial charge in [0, 0.05) is 5.69 Å². The Hall–Kier alpha value is -1.09. The summed E-state index contributed by atoms with van der Waals surface area (Å²) in [7, 11) is 0. The smallest absolute Gasteiger partial charge is 0.125 e. The third-order valence-corrected chi connectivity index (χ3v) is 1.42. The number of aryl methyl sites for hydroxylation is 1.